The number of halogens is 2. The van der Waals surface area contributed by atoms with E-state index in [1.807, 2.05) is 54.6 Å². The fourth-order valence-corrected chi connectivity index (χ4v) is 4.71. The molecule has 0 aliphatic carbocycles. The summed E-state index contributed by atoms with van der Waals surface area (Å²) in [5.41, 5.74) is 3.25. The van der Waals surface area contributed by atoms with Crippen molar-refractivity contribution in [3.05, 3.63) is 100 Å². The molecule has 0 radical (unpaired) electrons. The molecule has 0 saturated carbocycles. The van der Waals surface area contributed by atoms with Gasteiger partial charge < -0.3 is 19.2 Å². The number of quaternary nitrogens is 1. The SMILES string of the molecule is C[N+]1(C[C@@H](O)COC(c2ccc(Cl)cc2)c2ccc(Cl)cc2)CCN(c2ccccc2)CC1. The van der Waals surface area contributed by atoms with Gasteiger partial charge in [-0.1, -0.05) is 65.7 Å². The molecule has 1 aliphatic heterocycles. The standard InChI is InChI=1S/C27H31Cl2N2O2/c1-31(17-15-30(16-18-31)25-5-3-2-4-6-25)19-26(32)20-33-27(21-7-11-23(28)12-8-21)22-9-13-24(29)14-10-22/h2-14,26-27,32H,15-20H2,1H3/q+1/t26-/m1/s1. The van der Waals surface area contributed by atoms with Crippen molar-refractivity contribution in [3.8, 4) is 0 Å². The number of aliphatic hydroxyl groups is 1. The van der Waals surface area contributed by atoms with Gasteiger partial charge in [0.15, 0.2) is 0 Å². The van der Waals surface area contributed by atoms with Gasteiger partial charge in [-0.25, -0.2) is 0 Å². The van der Waals surface area contributed by atoms with Gasteiger partial charge in [-0.2, -0.15) is 0 Å². The zero-order valence-corrected chi connectivity index (χ0v) is 20.4. The Morgan fingerprint density at radius 3 is 1.88 bits per heavy atom. The summed E-state index contributed by atoms with van der Waals surface area (Å²) in [5.74, 6) is 0. The van der Waals surface area contributed by atoms with Gasteiger partial charge >= 0.3 is 0 Å². The van der Waals surface area contributed by atoms with Gasteiger partial charge in [-0.05, 0) is 47.5 Å². The van der Waals surface area contributed by atoms with Crippen LogP contribution >= 0.6 is 23.2 Å². The second-order valence-corrected chi connectivity index (χ2v) is 9.92. The third-order valence-electron chi connectivity index (χ3n) is 6.39. The first-order valence-corrected chi connectivity index (χ1v) is 12.1. The van der Waals surface area contributed by atoms with Gasteiger partial charge in [-0.15, -0.1) is 0 Å². The van der Waals surface area contributed by atoms with Crippen LogP contribution in [0.5, 0.6) is 0 Å². The van der Waals surface area contributed by atoms with Gasteiger partial charge in [0.1, 0.15) is 18.8 Å². The normalized spacial score (nSPS) is 16.7. The highest BCUT2D eigenvalue weighted by atomic mass is 35.5. The quantitative estimate of drug-likeness (QED) is 0.432. The molecule has 4 nitrogen and oxygen atoms in total. The molecular weight excluding hydrogens is 455 g/mol. The van der Waals surface area contributed by atoms with Crippen molar-refractivity contribution in [3.63, 3.8) is 0 Å². The van der Waals surface area contributed by atoms with E-state index in [4.69, 9.17) is 27.9 Å². The molecule has 0 aromatic heterocycles. The summed E-state index contributed by atoms with van der Waals surface area (Å²) < 4.78 is 7.11. The molecule has 1 atom stereocenters. The van der Waals surface area contributed by atoms with Crippen LogP contribution in [-0.2, 0) is 4.74 Å². The first-order valence-electron chi connectivity index (χ1n) is 11.4. The lowest BCUT2D eigenvalue weighted by atomic mass is 10.0. The Labute approximate surface area is 206 Å². The van der Waals surface area contributed by atoms with Gasteiger partial charge in [-0.3, -0.25) is 0 Å². The van der Waals surface area contributed by atoms with Crippen molar-refractivity contribution in [2.45, 2.75) is 12.2 Å². The van der Waals surface area contributed by atoms with Crippen molar-refractivity contribution >= 4 is 28.9 Å². The molecule has 174 valence electrons. The molecule has 0 amide bonds. The fraction of sp³-hybridized carbons (Fsp3) is 0.333. The third kappa shape index (κ3) is 6.50. The molecule has 1 N–H and O–H groups in total. The van der Waals surface area contributed by atoms with Crippen molar-refractivity contribution in [1.29, 1.82) is 0 Å². The number of likely N-dealkylation sites (N-methyl/N-ethyl adjacent to an activating group) is 1. The van der Waals surface area contributed by atoms with E-state index in [1.165, 1.54) is 5.69 Å². The fourth-order valence-electron chi connectivity index (χ4n) is 4.46. The Hall–Kier alpha value is -2.08. The van der Waals surface area contributed by atoms with Crippen LogP contribution in [0.25, 0.3) is 0 Å². The molecule has 1 heterocycles. The maximum absolute atomic E-state index is 10.9. The molecule has 1 aliphatic rings. The Kier molecular flexibility index (Phi) is 7.94. The lowest BCUT2D eigenvalue weighted by molar-refractivity contribution is -0.913. The highest BCUT2D eigenvalue weighted by Crippen LogP contribution is 2.29. The number of benzene rings is 3. The summed E-state index contributed by atoms with van der Waals surface area (Å²) in [7, 11) is 2.22. The summed E-state index contributed by atoms with van der Waals surface area (Å²) in [6, 6.07) is 25.8. The predicted octanol–water partition coefficient (Wildman–Crippen LogP) is 5.43. The van der Waals surface area contributed by atoms with Crippen LogP contribution in [0.15, 0.2) is 78.9 Å². The Bertz CT molecular complexity index is 959. The number of piperazine rings is 1. The molecule has 3 aromatic rings. The molecule has 4 rings (SSSR count). The lowest BCUT2D eigenvalue weighted by Crippen LogP contribution is -2.60. The minimum absolute atomic E-state index is 0.256. The van der Waals surface area contributed by atoms with Crippen molar-refractivity contribution in [2.75, 3.05) is 51.3 Å². The average Bonchev–Trinajstić information content (AvgIpc) is 2.82. The maximum Gasteiger partial charge on any atom is 0.126 e. The van der Waals surface area contributed by atoms with Gasteiger partial charge in [0.05, 0.1) is 39.8 Å². The van der Waals surface area contributed by atoms with Crippen molar-refractivity contribution in [1.82, 2.24) is 0 Å². The Morgan fingerprint density at radius 1 is 0.848 bits per heavy atom. The molecule has 0 spiro atoms. The topological polar surface area (TPSA) is 32.7 Å². The summed E-state index contributed by atoms with van der Waals surface area (Å²) in [6.07, 6.45) is -0.852. The zero-order chi connectivity index (χ0) is 23.3. The number of rotatable bonds is 8. The number of hydrogen-bond donors (Lipinski definition) is 1. The molecule has 33 heavy (non-hydrogen) atoms. The molecule has 0 bridgehead atoms. The van der Waals surface area contributed by atoms with Crippen molar-refractivity contribution in [2.24, 2.45) is 0 Å². The van der Waals surface area contributed by atoms with E-state index < -0.39 is 6.10 Å². The highest BCUT2D eigenvalue weighted by molar-refractivity contribution is 6.30. The first-order chi connectivity index (χ1) is 15.9. The predicted molar refractivity (Wildman–Crippen MR) is 136 cm³/mol. The summed E-state index contributed by atoms with van der Waals surface area (Å²) in [6.45, 7) is 4.86. The first kappa shape index (κ1) is 24.1. The van der Waals surface area contributed by atoms with E-state index in [2.05, 4.69) is 36.2 Å². The molecule has 1 saturated heterocycles. The van der Waals surface area contributed by atoms with Crippen LogP contribution in [-0.4, -0.2) is 62.1 Å². The van der Waals surface area contributed by atoms with Crippen LogP contribution in [0, 0.1) is 0 Å². The van der Waals surface area contributed by atoms with E-state index in [1.54, 1.807) is 0 Å². The van der Waals surface area contributed by atoms with Crippen LogP contribution < -0.4 is 4.90 Å². The number of nitrogens with zero attached hydrogens (tertiary/aromatic N) is 2. The van der Waals surface area contributed by atoms with Crippen LogP contribution in [0.2, 0.25) is 10.0 Å². The van der Waals surface area contributed by atoms with Gasteiger partial charge in [0.25, 0.3) is 0 Å². The minimum Gasteiger partial charge on any atom is -0.385 e. The number of hydrogen-bond acceptors (Lipinski definition) is 3. The van der Waals surface area contributed by atoms with E-state index in [0.717, 1.165) is 41.8 Å². The molecule has 3 aromatic carbocycles. The van der Waals surface area contributed by atoms with E-state index in [-0.39, 0.29) is 12.7 Å². The second-order valence-electron chi connectivity index (χ2n) is 9.04. The number of aliphatic hydroxyl groups excluding tert-OH is 1. The summed E-state index contributed by atoms with van der Waals surface area (Å²) in [4.78, 5) is 2.42. The number of ether oxygens (including phenoxy) is 1. The minimum atomic E-state index is -0.555. The van der Waals surface area contributed by atoms with E-state index >= 15 is 0 Å². The monoisotopic (exact) mass is 485 g/mol. The number of anilines is 1. The third-order valence-corrected chi connectivity index (χ3v) is 6.90. The number of para-hydroxylation sites is 1. The van der Waals surface area contributed by atoms with Crippen molar-refractivity contribution < 1.29 is 14.3 Å². The lowest BCUT2D eigenvalue weighted by Gasteiger charge is -2.43. The summed E-state index contributed by atoms with van der Waals surface area (Å²) >= 11 is 12.2. The average molecular weight is 486 g/mol. The Balaban J connectivity index is 1.36. The Morgan fingerprint density at radius 2 is 1.36 bits per heavy atom. The van der Waals surface area contributed by atoms with Crippen LogP contribution in [0.4, 0.5) is 5.69 Å². The van der Waals surface area contributed by atoms with E-state index in [9.17, 15) is 5.11 Å². The van der Waals surface area contributed by atoms with Gasteiger partial charge in [0, 0.05) is 15.7 Å². The van der Waals surface area contributed by atoms with E-state index in [0.29, 0.717) is 16.6 Å². The molecule has 1 fully saturated rings. The largest absolute Gasteiger partial charge is 0.385 e. The molecular formula is C27H31Cl2N2O2+. The van der Waals surface area contributed by atoms with Crippen LogP contribution in [0.1, 0.15) is 17.2 Å². The highest BCUT2D eigenvalue weighted by Gasteiger charge is 2.31. The smallest absolute Gasteiger partial charge is 0.126 e. The molecule has 0 unspecified atom stereocenters. The maximum atomic E-state index is 10.9. The second kappa shape index (κ2) is 10.9. The van der Waals surface area contributed by atoms with Gasteiger partial charge in [0.2, 0.25) is 0 Å². The zero-order valence-electron chi connectivity index (χ0n) is 18.9. The molecule has 6 heteroatoms. The van der Waals surface area contributed by atoms with Crippen LogP contribution in [0.3, 0.4) is 0 Å². The summed E-state index contributed by atoms with van der Waals surface area (Å²) in [5, 5.41) is 12.2.